The SMILES string of the molecule is Cc1cccc(N(C2=CCC=C(N(c3ccc(N(c4ccccc4)c4cccc(C)c4)cc3)c3ccc(N(c4ccccc4)c4cccc(C)c4)cc3)C=C2)c2ccccc2)c1. The van der Waals surface area contributed by atoms with Gasteiger partial charge in [-0.1, -0.05) is 103 Å². The lowest BCUT2D eigenvalue weighted by molar-refractivity contribution is 1.17. The highest BCUT2D eigenvalue weighted by Crippen LogP contribution is 2.41. The molecule has 0 spiro atoms. The van der Waals surface area contributed by atoms with Crippen LogP contribution in [0.15, 0.2) is 248 Å². The lowest BCUT2D eigenvalue weighted by Gasteiger charge is -2.30. The van der Waals surface area contributed by atoms with Gasteiger partial charge in [-0.3, -0.25) is 0 Å². The normalized spacial score (nSPS) is 12.2. The van der Waals surface area contributed by atoms with E-state index in [0.717, 1.165) is 74.7 Å². The first-order valence-electron chi connectivity index (χ1n) is 21.3. The number of hydrogen-bond acceptors (Lipinski definition) is 4. The molecule has 0 heterocycles. The minimum atomic E-state index is 0.754. The summed E-state index contributed by atoms with van der Waals surface area (Å²) in [6.45, 7) is 6.44. The Morgan fingerprint density at radius 2 is 0.516 bits per heavy atom. The van der Waals surface area contributed by atoms with E-state index in [1.54, 1.807) is 0 Å². The Kier molecular flexibility index (Phi) is 11.6. The number of anilines is 10. The molecule has 4 nitrogen and oxygen atoms in total. The van der Waals surface area contributed by atoms with Crippen molar-refractivity contribution in [2.45, 2.75) is 27.2 Å². The number of allylic oxidation sites excluding steroid dienone is 4. The maximum absolute atomic E-state index is 2.37. The molecule has 0 bridgehead atoms. The van der Waals surface area contributed by atoms with Gasteiger partial charge in [-0.05, 0) is 177 Å². The molecule has 8 aromatic rings. The molecule has 0 amide bonds. The van der Waals surface area contributed by atoms with Gasteiger partial charge < -0.3 is 19.6 Å². The number of rotatable bonds is 12. The van der Waals surface area contributed by atoms with Gasteiger partial charge in [0.25, 0.3) is 0 Å². The Labute approximate surface area is 366 Å². The lowest BCUT2D eigenvalue weighted by atomic mass is 10.1. The predicted molar refractivity (Wildman–Crippen MR) is 264 cm³/mol. The summed E-state index contributed by atoms with van der Waals surface area (Å²) in [5.74, 6) is 0. The molecule has 4 heteroatoms. The van der Waals surface area contributed by atoms with Crippen molar-refractivity contribution in [2.75, 3.05) is 19.6 Å². The van der Waals surface area contributed by atoms with Gasteiger partial charge in [0.05, 0.1) is 0 Å². The summed E-state index contributed by atoms with van der Waals surface area (Å²) in [5.41, 5.74) is 16.9. The van der Waals surface area contributed by atoms with Crippen molar-refractivity contribution >= 4 is 56.9 Å². The fourth-order valence-corrected chi connectivity index (χ4v) is 8.26. The van der Waals surface area contributed by atoms with Crippen molar-refractivity contribution in [1.82, 2.24) is 0 Å². The van der Waals surface area contributed by atoms with Crippen LogP contribution >= 0.6 is 0 Å². The van der Waals surface area contributed by atoms with Crippen molar-refractivity contribution in [3.8, 4) is 0 Å². The second kappa shape index (κ2) is 18.2. The highest BCUT2D eigenvalue weighted by molar-refractivity contribution is 5.82. The largest absolute Gasteiger partial charge is 0.311 e. The van der Waals surface area contributed by atoms with Crippen LogP contribution in [0.1, 0.15) is 23.1 Å². The predicted octanol–water partition coefficient (Wildman–Crippen LogP) is 16.3. The number of hydrogen-bond donors (Lipinski definition) is 0. The first kappa shape index (κ1) is 39.6. The van der Waals surface area contributed by atoms with Gasteiger partial charge in [-0.25, -0.2) is 0 Å². The van der Waals surface area contributed by atoms with Gasteiger partial charge in [0.2, 0.25) is 0 Å². The average Bonchev–Trinajstić information content (AvgIpc) is 3.55. The van der Waals surface area contributed by atoms with Crippen LogP contribution in [0.25, 0.3) is 0 Å². The summed E-state index contributed by atoms with van der Waals surface area (Å²) in [6.07, 6.45) is 9.93. The lowest BCUT2D eigenvalue weighted by Crippen LogP contribution is -2.17. The summed E-state index contributed by atoms with van der Waals surface area (Å²) in [7, 11) is 0. The molecule has 0 aromatic heterocycles. The minimum absolute atomic E-state index is 0.754. The summed E-state index contributed by atoms with van der Waals surface area (Å²) >= 11 is 0. The first-order valence-corrected chi connectivity index (χ1v) is 21.3. The van der Waals surface area contributed by atoms with E-state index in [9.17, 15) is 0 Å². The van der Waals surface area contributed by atoms with Crippen LogP contribution in [0.3, 0.4) is 0 Å². The summed E-state index contributed by atoms with van der Waals surface area (Å²) < 4.78 is 0. The Bertz CT molecular complexity index is 2710. The van der Waals surface area contributed by atoms with Crippen LogP contribution in [0.5, 0.6) is 0 Å². The zero-order chi connectivity index (χ0) is 42.3. The topological polar surface area (TPSA) is 13.0 Å². The molecular weight excluding hydrogens is 753 g/mol. The summed E-state index contributed by atoms with van der Waals surface area (Å²) in [4.78, 5) is 9.37. The maximum Gasteiger partial charge on any atom is 0.0464 e. The van der Waals surface area contributed by atoms with Crippen molar-refractivity contribution in [1.29, 1.82) is 0 Å². The molecule has 0 unspecified atom stereocenters. The zero-order valence-corrected chi connectivity index (χ0v) is 35.5. The molecule has 0 aliphatic heterocycles. The van der Waals surface area contributed by atoms with E-state index < -0.39 is 0 Å². The van der Waals surface area contributed by atoms with Crippen LogP contribution in [0, 0.1) is 20.8 Å². The standard InChI is InChI=1S/C58H50N4/c1-44-17-13-28-56(41-44)60(47-20-7-4-8-21-47)51-27-16-26-50(31-32-51)59(52-33-37-54(38-34-52)61(48-22-9-5-10-23-48)57-29-14-18-45(2)42-57)53-35-39-55(40-36-53)62(49-24-11-6-12-25-49)58-30-15-19-46(3)43-58/h4-15,17-43H,16H2,1-3H3. The second-order valence-electron chi connectivity index (χ2n) is 15.7. The van der Waals surface area contributed by atoms with E-state index in [1.807, 2.05) is 0 Å². The van der Waals surface area contributed by atoms with Gasteiger partial charge in [0.1, 0.15) is 0 Å². The van der Waals surface area contributed by atoms with Gasteiger partial charge in [0, 0.05) is 68.3 Å². The first-order chi connectivity index (χ1) is 30.5. The summed E-state index contributed by atoms with van der Waals surface area (Å²) in [5, 5.41) is 0. The van der Waals surface area contributed by atoms with Gasteiger partial charge in [-0.15, -0.1) is 0 Å². The molecule has 0 fully saturated rings. The maximum atomic E-state index is 2.37. The van der Waals surface area contributed by atoms with E-state index in [-0.39, 0.29) is 0 Å². The molecule has 9 rings (SSSR count). The van der Waals surface area contributed by atoms with Crippen LogP contribution in [-0.2, 0) is 0 Å². The Hall–Kier alpha value is -7.82. The van der Waals surface area contributed by atoms with Crippen LogP contribution in [0.2, 0.25) is 0 Å². The van der Waals surface area contributed by atoms with Crippen molar-refractivity contribution in [3.05, 3.63) is 265 Å². The van der Waals surface area contributed by atoms with E-state index in [4.69, 9.17) is 0 Å². The van der Waals surface area contributed by atoms with Gasteiger partial charge >= 0.3 is 0 Å². The number of aryl methyl sites for hydroxylation is 3. The highest BCUT2D eigenvalue weighted by atomic mass is 15.2. The molecular formula is C58H50N4. The molecule has 0 saturated heterocycles. The Balaban J connectivity index is 1.12. The quantitative estimate of drug-likeness (QED) is 0.122. The Morgan fingerprint density at radius 3 is 0.855 bits per heavy atom. The van der Waals surface area contributed by atoms with Crippen molar-refractivity contribution in [2.24, 2.45) is 0 Å². The Morgan fingerprint density at radius 1 is 0.258 bits per heavy atom. The van der Waals surface area contributed by atoms with E-state index in [2.05, 4.69) is 277 Å². The molecule has 0 atom stereocenters. The molecule has 1 aliphatic rings. The minimum Gasteiger partial charge on any atom is -0.311 e. The fraction of sp³-hybridized carbons (Fsp3) is 0.0690. The third-order valence-electron chi connectivity index (χ3n) is 11.2. The number of para-hydroxylation sites is 3. The molecule has 0 saturated carbocycles. The van der Waals surface area contributed by atoms with E-state index >= 15 is 0 Å². The average molecular weight is 803 g/mol. The molecule has 62 heavy (non-hydrogen) atoms. The van der Waals surface area contributed by atoms with Gasteiger partial charge in [-0.2, -0.15) is 0 Å². The third kappa shape index (κ3) is 8.72. The monoisotopic (exact) mass is 802 g/mol. The zero-order valence-electron chi connectivity index (χ0n) is 35.5. The number of benzene rings is 8. The molecule has 0 N–H and O–H groups in total. The van der Waals surface area contributed by atoms with Crippen molar-refractivity contribution in [3.63, 3.8) is 0 Å². The van der Waals surface area contributed by atoms with Crippen LogP contribution in [-0.4, -0.2) is 0 Å². The molecule has 302 valence electrons. The number of nitrogens with zero attached hydrogens (tertiary/aromatic N) is 4. The second-order valence-corrected chi connectivity index (χ2v) is 15.7. The van der Waals surface area contributed by atoms with E-state index in [0.29, 0.717) is 0 Å². The van der Waals surface area contributed by atoms with Crippen molar-refractivity contribution < 1.29 is 0 Å². The van der Waals surface area contributed by atoms with E-state index in [1.165, 1.54) is 16.7 Å². The smallest absolute Gasteiger partial charge is 0.0464 e. The summed E-state index contributed by atoms with van der Waals surface area (Å²) in [6, 6.07) is 75.9. The highest BCUT2D eigenvalue weighted by Gasteiger charge is 2.20. The van der Waals surface area contributed by atoms with Crippen LogP contribution in [0.4, 0.5) is 56.9 Å². The molecule has 8 aromatic carbocycles. The van der Waals surface area contributed by atoms with Crippen LogP contribution < -0.4 is 19.6 Å². The molecule has 1 aliphatic carbocycles. The fourth-order valence-electron chi connectivity index (χ4n) is 8.26. The van der Waals surface area contributed by atoms with Gasteiger partial charge in [0.15, 0.2) is 0 Å². The third-order valence-corrected chi connectivity index (χ3v) is 11.2. The molecule has 0 radical (unpaired) electrons.